The van der Waals surface area contributed by atoms with Gasteiger partial charge in [0.25, 0.3) is 0 Å². The van der Waals surface area contributed by atoms with Gasteiger partial charge in [0.1, 0.15) is 5.82 Å². The number of hydrogen-bond donors (Lipinski definition) is 1. The normalized spacial score (nSPS) is 27.9. The van der Waals surface area contributed by atoms with Crippen molar-refractivity contribution in [3.8, 4) is 0 Å². The molecule has 0 spiro atoms. The second-order valence-electron chi connectivity index (χ2n) is 7.90. The van der Waals surface area contributed by atoms with E-state index in [0.717, 1.165) is 37.9 Å². The third-order valence-corrected chi connectivity index (χ3v) is 6.33. The zero-order valence-corrected chi connectivity index (χ0v) is 16.3. The van der Waals surface area contributed by atoms with E-state index in [9.17, 15) is 14.0 Å². The minimum atomic E-state index is -0.302. The molecule has 0 aromatic heterocycles. The van der Waals surface area contributed by atoms with Crippen LogP contribution in [-0.2, 0) is 16.1 Å². The Hall–Kier alpha value is -1.66. The Morgan fingerprint density at radius 1 is 1.30 bits per heavy atom. The maximum absolute atomic E-state index is 13.4. The van der Waals surface area contributed by atoms with E-state index in [0.29, 0.717) is 25.6 Å². The summed E-state index contributed by atoms with van der Waals surface area (Å²) in [5.74, 6) is 0.221. The molecular formula is C20H27ClFN3O2. The number of nitrogens with one attached hydrogen (secondary N) is 1. The summed E-state index contributed by atoms with van der Waals surface area (Å²) in [7, 11) is 0. The van der Waals surface area contributed by atoms with Gasteiger partial charge in [-0.1, -0.05) is 25.0 Å². The Bertz CT molecular complexity index is 716. The summed E-state index contributed by atoms with van der Waals surface area (Å²) in [6, 6.07) is 6.34. The highest BCUT2D eigenvalue weighted by atomic mass is 35.5. The average molecular weight is 396 g/mol. The lowest BCUT2D eigenvalue weighted by atomic mass is 9.67. The fourth-order valence-corrected chi connectivity index (χ4v) is 4.89. The molecule has 148 valence electrons. The molecule has 3 aliphatic rings. The lowest BCUT2D eigenvalue weighted by Crippen LogP contribution is -2.57. The van der Waals surface area contributed by atoms with Crippen molar-refractivity contribution in [1.29, 1.82) is 0 Å². The summed E-state index contributed by atoms with van der Waals surface area (Å²) in [6.07, 6.45) is 4.33. The van der Waals surface area contributed by atoms with Gasteiger partial charge in [0, 0.05) is 26.2 Å². The van der Waals surface area contributed by atoms with Gasteiger partial charge in [0.2, 0.25) is 11.8 Å². The molecule has 3 fully saturated rings. The van der Waals surface area contributed by atoms with Crippen LogP contribution in [0.25, 0.3) is 0 Å². The molecule has 5 nitrogen and oxygen atoms in total. The number of halogens is 2. The lowest BCUT2D eigenvalue weighted by molar-refractivity contribution is -0.154. The van der Waals surface area contributed by atoms with Crippen LogP contribution in [0, 0.1) is 17.2 Å². The monoisotopic (exact) mass is 395 g/mol. The topological polar surface area (TPSA) is 52.7 Å². The van der Waals surface area contributed by atoms with E-state index < -0.39 is 0 Å². The maximum atomic E-state index is 13.4. The van der Waals surface area contributed by atoms with Crippen LogP contribution in [0.15, 0.2) is 24.3 Å². The molecule has 1 saturated carbocycles. The minimum Gasteiger partial charge on any atom is -0.335 e. The van der Waals surface area contributed by atoms with Crippen LogP contribution in [0.2, 0.25) is 0 Å². The van der Waals surface area contributed by atoms with E-state index in [2.05, 4.69) is 5.32 Å². The Labute approximate surface area is 165 Å². The Morgan fingerprint density at radius 3 is 2.93 bits per heavy atom. The highest BCUT2D eigenvalue weighted by Crippen LogP contribution is 2.45. The van der Waals surface area contributed by atoms with Gasteiger partial charge in [0.15, 0.2) is 0 Å². The number of fused-ring (bicyclic) bond motifs is 1. The highest BCUT2D eigenvalue weighted by Gasteiger charge is 2.52. The number of carbonyl (C=O) groups excluding carboxylic acids is 2. The van der Waals surface area contributed by atoms with Crippen LogP contribution in [0.1, 0.15) is 31.2 Å². The molecule has 2 atom stereocenters. The van der Waals surface area contributed by atoms with E-state index in [1.54, 1.807) is 15.9 Å². The van der Waals surface area contributed by atoms with Crippen molar-refractivity contribution in [2.24, 2.45) is 11.3 Å². The third-order valence-electron chi connectivity index (χ3n) is 6.33. The van der Waals surface area contributed by atoms with E-state index >= 15 is 0 Å². The maximum Gasteiger partial charge on any atom is 0.242 e. The van der Waals surface area contributed by atoms with E-state index in [-0.39, 0.29) is 42.0 Å². The molecule has 0 bridgehead atoms. The van der Waals surface area contributed by atoms with Gasteiger partial charge in [-0.25, -0.2) is 4.39 Å². The Morgan fingerprint density at radius 2 is 2.15 bits per heavy atom. The molecule has 0 radical (unpaired) electrons. The van der Waals surface area contributed by atoms with Crippen LogP contribution < -0.4 is 5.32 Å². The van der Waals surface area contributed by atoms with Gasteiger partial charge in [-0.3, -0.25) is 9.59 Å². The predicted molar refractivity (Wildman–Crippen MR) is 103 cm³/mol. The second kappa shape index (κ2) is 8.15. The van der Waals surface area contributed by atoms with Gasteiger partial charge in [-0.2, -0.15) is 0 Å². The fraction of sp³-hybridized carbons (Fsp3) is 0.600. The zero-order valence-electron chi connectivity index (χ0n) is 15.5. The molecule has 1 aromatic rings. The number of nitrogens with zero attached hydrogens (tertiary/aromatic N) is 2. The predicted octanol–water partition coefficient (Wildman–Crippen LogP) is 2.20. The summed E-state index contributed by atoms with van der Waals surface area (Å²) < 4.78 is 13.4. The van der Waals surface area contributed by atoms with Crippen molar-refractivity contribution in [3.63, 3.8) is 0 Å². The molecular weight excluding hydrogens is 369 g/mol. The molecule has 4 rings (SSSR count). The van der Waals surface area contributed by atoms with Crippen molar-refractivity contribution in [3.05, 3.63) is 35.6 Å². The van der Waals surface area contributed by atoms with E-state index in [1.165, 1.54) is 18.6 Å². The molecule has 7 heteroatoms. The van der Waals surface area contributed by atoms with Crippen LogP contribution in [0.5, 0.6) is 0 Å². The van der Waals surface area contributed by atoms with Gasteiger partial charge in [-0.05, 0) is 43.0 Å². The number of amides is 2. The molecule has 1 N–H and O–H groups in total. The first-order valence-electron chi connectivity index (χ1n) is 9.61. The largest absolute Gasteiger partial charge is 0.335 e. The van der Waals surface area contributed by atoms with Crippen molar-refractivity contribution >= 4 is 24.2 Å². The first kappa shape index (κ1) is 20.1. The molecule has 2 heterocycles. The minimum absolute atomic E-state index is 0. The van der Waals surface area contributed by atoms with Crippen molar-refractivity contribution in [1.82, 2.24) is 15.1 Å². The molecule has 2 amide bonds. The molecule has 1 aromatic carbocycles. The summed E-state index contributed by atoms with van der Waals surface area (Å²) >= 11 is 0. The number of rotatable bonds is 3. The summed E-state index contributed by atoms with van der Waals surface area (Å²) in [6.45, 7) is 3.27. The van der Waals surface area contributed by atoms with Gasteiger partial charge >= 0.3 is 0 Å². The standard InChI is InChI=1S/C20H26FN3O2.ClH/c21-17-6-3-4-15(10-17)12-23-8-9-24(13-18(23)25)19(26)20-7-2-1-5-16(20)11-22-14-20;/h3-4,6,10,16,22H,1-2,5,7-9,11-14H2;1H/t16-,20+;/m0./s1. The van der Waals surface area contributed by atoms with E-state index in [4.69, 9.17) is 0 Å². The molecule has 0 unspecified atom stereocenters. The number of hydrogen-bond acceptors (Lipinski definition) is 3. The van der Waals surface area contributed by atoms with Gasteiger partial charge < -0.3 is 15.1 Å². The van der Waals surface area contributed by atoms with Crippen LogP contribution in [0.4, 0.5) is 4.39 Å². The van der Waals surface area contributed by atoms with Crippen molar-refractivity contribution in [2.45, 2.75) is 32.2 Å². The number of piperazine rings is 1. The quantitative estimate of drug-likeness (QED) is 0.853. The summed E-state index contributed by atoms with van der Waals surface area (Å²) in [5.41, 5.74) is 0.479. The van der Waals surface area contributed by atoms with E-state index in [1.807, 2.05) is 6.07 Å². The van der Waals surface area contributed by atoms with Crippen LogP contribution in [-0.4, -0.2) is 54.3 Å². The number of carbonyl (C=O) groups is 2. The Balaban J connectivity index is 0.00000210. The second-order valence-corrected chi connectivity index (χ2v) is 7.90. The molecule has 2 aliphatic heterocycles. The number of benzene rings is 1. The van der Waals surface area contributed by atoms with Crippen molar-refractivity contribution in [2.75, 3.05) is 32.7 Å². The SMILES string of the molecule is Cl.O=C1CN(C(=O)[C@@]23CCCC[C@H]2CNC3)CCN1Cc1cccc(F)c1. The highest BCUT2D eigenvalue weighted by molar-refractivity contribution is 5.89. The molecule has 27 heavy (non-hydrogen) atoms. The fourth-order valence-electron chi connectivity index (χ4n) is 4.89. The molecule has 2 saturated heterocycles. The average Bonchev–Trinajstić information content (AvgIpc) is 3.08. The third kappa shape index (κ3) is 3.83. The smallest absolute Gasteiger partial charge is 0.242 e. The summed E-state index contributed by atoms with van der Waals surface area (Å²) in [5, 5.41) is 3.40. The van der Waals surface area contributed by atoms with Crippen LogP contribution >= 0.6 is 12.4 Å². The summed E-state index contributed by atoms with van der Waals surface area (Å²) in [4.78, 5) is 29.4. The van der Waals surface area contributed by atoms with Crippen molar-refractivity contribution < 1.29 is 14.0 Å². The van der Waals surface area contributed by atoms with Gasteiger partial charge in [-0.15, -0.1) is 12.4 Å². The first-order valence-corrected chi connectivity index (χ1v) is 9.61. The zero-order chi connectivity index (χ0) is 18.1. The van der Waals surface area contributed by atoms with Gasteiger partial charge in [0.05, 0.1) is 12.0 Å². The van der Waals surface area contributed by atoms with Crippen LogP contribution in [0.3, 0.4) is 0 Å². The lowest BCUT2D eigenvalue weighted by Gasteiger charge is -2.43. The molecule has 1 aliphatic carbocycles. The first-order chi connectivity index (χ1) is 12.6. The Kier molecular flexibility index (Phi) is 6.06.